The summed E-state index contributed by atoms with van der Waals surface area (Å²) >= 11 is 0.959. The van der Waals surface area contributed by atoms with Crippen molar-refractivity contribution in [3.63, 3.8) is 0 Å². The minimum absolute atomic E-state index is 0.268. The molecule has 1 aliphatic rings. The topological polar surface area (TPSA) is 37.4 Å². The number of anilines is 1. The lowest BCUT2D eigenvalue weighted by atomic mass is 10.2. The number of para-hydroxylation sites is 1. The minimum Gasteiger partial charge on any atom is -0.268 e. The number of allylic oxidation sites excluding steroid dienone is 2. The molecular formula is C18H13NO2S. The van der Waals surface area contributed by atoms with Gasteiger partial charge in [0.2, 0.25) is 0 Å². The molecule has 0 N–H and O–H groups in total. The Labute approximate surface area is 132 Å². The number of rotatable bonds is 3. The molecule has 2 aromatic carbocycles. The molecule has 108 valence electrons. The smallest absolute Gasteiger partial charge is 0.268 e. The van der Waals surface area contributed by atoms with Gasteiger partial charge in [-0.25, -0.2) is 4.90 Å². The number of hydrogen-bond acceptors (Lipinski definition) is 3. The van der Waals surface area contributed by atoms with E-state index in [4.69, 9.17) is 0 Å². The van der Waals surface area contributed by atoms with Gasteiger partial charge in [-0.2, -0.15) is 0 Å². The van der Waals surface area contributed by atoms with Gasteiger partial charge in [-0.3, -0.25) is 9.59 Å². The molecule has 1 heterocycles. The lowest BCUT2D eigenvalue weighted by molar-refractivity contribution is -0.113. The van der Waals surface area contributed by atoms with E-state index in [1.54, 1.807) is 36.4 Å². The Balaban J connectivity index is 1.79. The molecule has 3 rings (SSSR count). The quantitative estimate of drug-likeness (QED) is 0.784. The molecule has 0 spiro atoms. The van der Waals surface area contributed by atoms with Gasteiger partial charge in [0.15, 0.2) is 0 Å². The van der Waals surface area contributed by atoms with E-state index in [1.165, 1.54) is 4.90 Å². The van der Waals surface area contributed by atoms with Crippen LogP contribution in [0.2, 0.25) is 0 Å². The van der Waals surface area contributed by atoms with Gasteiger partial charge in [0.05, 0.1) is 10.6 Å². The molecule has 1 fully saturated rings. The third-order valence-corrected chi connectivity index (χ3v) is 4.03. The SMILES string of the molecule is O=C1S/C(=C\C=C/c2ccccc2)C(=O)N1c1ccccc1. The highest BCUT2D eigenvalue weighted by Gasteiger charge is 2.35. The highest BCUT2D eigenvalue weighted by Crippen LogP contribution is 2.34. The van der Waals surface area contributed by atoms with Crippen LogP contribution in [0.25, 0.3) is 6.08 Å². The van der Waals surface area contributed by atoms with Crippen LogP contribution in [0.5, 0.6) is 0 Å². The second-order valence-electron chi connectivity index (χ2n) is 4.64. The van der Waals surface area contributed by atoms with Crippen molar-refractivity contribution in [1.82, 2.24) is 0 Å². The van der Waals surface area contributed by atoms with E-state index in [0.717, 1.165) is 17.3 Å². The van der Waals surface area contributed by atoms with Crippen molar-refractivity contribution in [3.05, 3.63) is 83.3 Å². The maximum atomic E-state index is 12.3. The number of hydrogen-bond donors (Lipinski definition) is 0. The molecule has 0 aliphatic carbocycles. The van der Waals surface area contributed by atoms with Crippen molar-refractivity contribution in [2.24, 2.45) is 0 Å². The minimum atomic E-state index is -0.279. The zero-order valence-corrected chi connectivity index (χ0v) is 12.5. The Morgan fingerprint density at radius 3 is 2.18 bits per heavy atom. The lowest BCUT2D eigenvalue weighted by Crippen LogP contribution is -2.27. The molecule has 0 atom stereocenters. The van der Waals surface area contributed by atoms with Crippen molar-refractivity contribution >= 4 is 34.7 Å². The number of imide groups is 1. The second-order valence-corrected chi connectivity index (χ2v) is 5.64. The van der Waals surface area contributed by atoms with Gasteiger partial charge in [0.1, 0.15) is 0 Å². The number of thioether (sulfide) groups is 1. The summed E-state index contributed by atoms with van der Waals surface area (Å²) in [5, 5.41) is -0.268. The van der Waals surface area contributed by atoms with E-state index >= 15 is 0 Å². The summed E-state index contributed by atoms with van der Waals surface area (Å²) in [6.07, 6.45) is 5.37. The molecule has 1 aliphatic heterocycles. The van der Waals surface area contributed by atoms with Crippen LogP contribution in [0.1, 0.15) is 5.56 Å². The Bertz CT molecular complexity index is 751. The van der Waals surface area contributed by atoms with Crippen LogP contribution >= 0.6 is 11.8 Å². The molecule has 0 aromatic heterocycles. The number of carbonyl (C=O) groups excluding carboxylic acids is 2. The molecule has 1 saturated heterocycles. The van der Waals surface area contributed by atoms with Gasteiger partial charge < -0.3 is 0 Å². The molecular weight excluding hydrogens is 294 g/mol. The molecule has 0 unspecified atom stereocenters. The fourth-order valence-electron chi connectivity index (χ4n) is 2.09. The first-order chi connectivity index (χ1) is 10.8. The third-order valence-electron chi connectivity index (χ3n) is 3.14. The van der Waals surface area contributed by atoms with Crippen LogP contribution in [-0.4, -0.2) is 11.1 Å². The van der Waals surface area contributed by atoms with Gasteiger partial charge in [-0.15, -0.1) is 0 Å². The van der Waals surface area contributed by atoms with E-state index < -0.39 is 0 Å². The van der Waals surface area contributed by atoms with Crippen molar-refractivity contribution in [2.75, 3.05) is 4.90 Å². The zero-order chi connectivity index (χ0) is 15.4. The Hall–Kier alpha value is -2.59. The van der Waals surface area contributed by atoms with Crippen LogP contribution in [0.3, 0.4) is 0 Å². The largest absolute Gasteiger partial charge is 0.298 e. The average molecular weight is 307 g/mol. The van der Waals surface area contributed by atoms with E-state index in [2.05, 4.69) is 0 Å². The first kappa shape index (κ1) is 14.4. The summed E-state index contributed by atoms with van der Waals surface area (Å²) < 4.78 is 0. The predicted octanol–water partition coefficient (Wildman–Crippen LogP) is 4.48. The zero-order valence-electron chi connectivity index (χ0n) is 11.7. The fourth-order valence-corrected chi connectivity index (χ4v) is 2.89. The van der Waals surface area contributed by atoms with Crippen LogP contribution in [-0.2, 0) is 4.79 Å². The molecule has 0 radical (unpaired) electrons. The summed E-state index contributed by atoms with van der Waals surface area (Å²) in [6, 6.07) is 18.7. The first-order valence-corrected chi connectivity index (χ1v) is 7.62. The predicted molar refractivity (Wildman–Crippen MR) is 90.5 cm³/mol. The van der Waals surface area contributed by atoms with E-state index in [-0.39, 0.29) is 11.1 Å². The van der Waals surface area contributed by atoms with Crippen molar-refractivity contribution in [2.45, 2.75) is 0 Å². The number of nitrogens with zero attached hydrogens (tertiary/aromatic N) is 1. The van der Waals surface area contributed by atoms with Gasteiger partial charge in [0.25, 0.3) is 11.1 Å². The second kappa shape index (κ2) is 6.45. The molecule has 2 amide bonds. The molecule has 0 saturated carbocycles. The first-order valence-electron chi connectivity index (χ1n) is 6.80. The monoisotopic (exact) mass is 307 g/mol. The summed E-state index contributed by atoms with van der Waals surface area (Å²) in [4.78, 5) is 26.0. The van der Waals surface area contributed by atoms with Crippen LogP contribution in [0.4, 0.5) is 10.5 Å². The highest BCUT2D eigenvalue weighted by molar-refractivity contribution is 8.18. The number of carbonyl (C=O) groups is 2. The lowest BCUT2D eigenvalue weighted by Gasteiger charge is -2.11. The van der Waals surface area contributed by atoms with E-state index in [1.807, 2.05) is 42.5 Å². The summed E-state index contributed by atoms with van der Waals surface area (Å²) in [5.74, 6) is -0.279. The molecule has 3 nitrogen and oxygen atoms in total. The Morgan fingerprint density at radius 2 is 1.50 bits per heavy atom. The Morgan fingerprint density at radius 1 is 0.864 bits per heavy atom. The number of benzene rings is 2. The molecule has 0 bridgehead atoms. The molecule has 4 heteroatoms. The van der Waals surface area contributed by atoms with Crippen molar-refractivity contribution in [3.8, 4) is 0 Å². The average Bonchev–Trinajstić information content (AvgIpc) is 2.83. The van der Waals surface area contributed by atoms with Crippen LogP contribution in [0, 0.1) is 0 Å². The van der Waals surface area contributed by atoms with Crippen molar-refractivity contribution in [1.29, 1.82) is 0 Å². The van der Waals surface area contributed by atoms with Gasteiger partial charge >= 0.3 is 0 Å². The van der Waals surface area contributed by atoms with Crippen LogP contribution in [0.15, 0.2) is 77.7 Å². The number of amides is 2. The summed E-state index contributed by atoms with van der Waals surface area (Å²) in [5.41, 5.74) is 1.64. The van der Waals surface area contributed by atoms with Gasteiger partial charge in [-0.05, 0) is 35.5 Å². The molecule has 22 heavy (non-hydrogen) atoms. The summed E-state index contributed by atoms with van der Waals surface area (Å²) in [6.45, 7) is 0. The maximum Gasteiger partial charge on any atom is 0.298 e. The van der Waals surface area contributed by atoms with Gasteiger partial charge in [0, 0.05) is 0 Å². The highest BCUT2D eigenvalue weighted by atomic mass is 32.2. The summed E-state index contributed by atoms with van der Waals surface area (Å²) in [7, 11) is 0. The molecule has 2 aromatic rings. The third kappa shape index (κ3) is 3.02. The fraction of sp³-hybridized carbons (Fsp3) is 0. The maximum absolute atomic E-state index is 12.3. The van der Waals surface area contributed by atoms with Gasteiger partial charge in [-0.1, -0.05) is 60.7 Å². The Kier molecular flexibility index (Phi) is 4.21. The van der Waals surface area contributed by atoms with E-state index in [0.29, 0.717) is 10.6 Å². The van der Waals surface area contributed by atoms with E-state index in [9.17, 15) is 9.59 Å². The standard InChI is InChI=1S/C18H13NO2S/c20-17-16(13-7-10-14-8-3-1-4-9-14)22-18(21)19(17)15-11-5-2-6-12-15/h1-13H/b10-7-,16-13-. The normalized spacial score (nSPS) is 16.9. The van der Waals surface area contributed by atoms with Crippen molar-refractivity contribution < 1.29 is 9.59 Å². The van der Waals surface area contributed by atoms with Crippen LogP contribution < -0.4 is 4.90 Å².